The second-order valence-electron chi connectivity index (χ2n) is 7.58. The number of carbonyl (C=O) groups excluding carboxylic acids is 2. The van der Waals surface area contributed by atoms with E-state index in [2.05, 4.69) is 20.7 Å². The average Bonchev–Trinajstić information content (AvgIpc) is 3.34. The van der Waals surface area contributed by atoms with E-state index in [-0.39, 0.29) is 36.5 Å². The van der Waals surface area contributed by atoms with Crippen LogP contribution in [0.1, 0.15) is 56.2 Å². The van der Waals surface area contributed by atoms with Gasteiger partial charge in [-0.15, -0.1) is 0 Å². The van der Waals surface area contributed by atoms with E-state index >= 15 is 0 Å². The summed E-state index contributed by atoms with van der Waals surface area (Å²) in [6, 6.07) is 3.71. The number of ether oxygens (including phenoxy) is 1. The molecule has 1 saturated carbocycles. The van der Waals surface area contributed by atoms with Crippen LogP contribution in [0.2, 0.25) is 0 Å². The van der Waals surface area contributed by atoms with Gasteiger partial charge in [0.05, 0.1) is 18.2 Å². The Balaban J connectivity index is 1.52. The van der Waals surface area contributed by atoms with Crippen molar-refractivity contribution in [2.75, 3.05) is 12.4 Å². The molecule has 2 amide bonds. The van der Waals surface area contributed by atoms with Crippen molar-refractivity contribution >= 4 is 17.8 Å². The first-order chi connectivity index (χ1) is 13.3. The van der Waals surface area contributed by atoms with E-state index in [9.17, 15) is 9.59 Å². The Bertz CT molecular complexity index is 828. The number of carbonyl (C=O) groups is 2. The molecule has 1 aliphatic rings. The second kappa shape index (κ2) is 8.45. The SMILES string of the molecule is Cc1cc(CC(=O)Nc2cc([C@H]3CC[C@@H](N(C)C(=O)OC(C)C)C3)[nH]n2)on1. The highest BCUT2D eigenvalue weighted by Gasteiger charge is 2.32. The molecule has 0 saturated heterocycles. The van der Waals surface area contributed by atoms with Gasteiger partial charge in [0.2, 0.25) is 5.91 Å². The molecular formula is C19H27N5O4. The van der Waals surface area contributed by atoms with E-state index in [0.717, 1.165) is 30.7 Å². The first-order valence-electron chi connectivity index (χ1n) is 9.52. The third-order valence-corrected chi connectivity index (χ3v) is 4.89. The zero-order valence-corrected chi connectivity index (χ0v) is 16.7. The summed E-state index contributed by atoms with van der Waals surface area (Å²) in [6.07, 6.45) is 2.36. The number of aromatic nitrogens is 3. The molecule has 9 heteroatoms. The fourth-order valence-electron chi connectivity index (χ4n) is 3.48. The Morgan fingerprint density at radius 2 is 2.18 bits per heavy atom. The van der Waals surface area contributed by atoms with Gasteiger partial charge in [0, 0.05) is 36.8 Å². The van der Waals surface area contributed by atoms with Crippen LogP contribution in [0, 0.1) is 6.92 Å². The van der Waals surface area contributed by atoms with E-state index in [0.29, 0.717) is 11.6 Å². The summed E-state index contributed by atoms with van der Waals surface area (Å²) in [5.41, 5.74) is 1.70. The number of H-pyrrole nitrogens is 1. The fraction of sp³-hybridized carbons (Fsp3) is 0.579. The van der Waals surface area contributed by atoms with Crippen molar-refractivity contribution in [2.24, 2.45) is 0 Å². The second-order valence-corrected chi connectivity index (χ2v) is 7.58. The number of nitrogens with one attached hydrogen (secondary N) is 2. The van der Waals surface area contributed by atoms with Crippen molar-refractivity contribution < 1.29 is 18.8 Å². The van der Waals surface area contributed by atoms with Crippen LogP contribution in [-0.4, -0.2) is 51.4 Å². The molecule has 0 aliphatic heterocycles. The maximum Gasteiger partial charge on any atom is 0.410 e. The zero-order valence-electron chi connectivity index (χ0n) is 16.7. The maximum absolute atomic E-state index is 12.1. The molecule has 28 heavy (non-hydrogen) atoms. The number of nitrogens with zero attached hydrogens (tertiary/aromatic N) is 3. The largest absolute Gasteiger partial charge is 0.447 e. The average molecular weight is 389 g/mol. The molecule has 0 radical (unpaired) electrons. The first kappa shape index (κ1) is 19.9. The lowest BCUT2D eigenvalue weighted by Crippen LogP contribution is -2.37. The van der Waals surface area contributed by atoms with E-state index in [1.165, 1.54) is 0 Å². The van der Waals surface area contributed by atoms with Gasteiger partial charge < -0.3 is 19.5 Å². The summed E-state index contributed by atoms with van der Waals surface area (Å²) in [5, 5.41) is 13.7. The molecule has 2 aromatic heterocycles. The van der Waals surface area contributed by atoms with Crippen LogP contribution in [0.4, 0.5) is 10.6 Å². The number of anilines is 1. The van der Waals surface area contributed by atoms with Gasteiger partial charge in [-0.2, -0.15) is 5.10 Å². The fourth-order valence-corrected chi connectivity index (χ4v) is 3.48. The van der Waals surface area contributed by atoms with Crippen molar-refractivity contribution in [1.29, 1.82) is 0 Å². The molecule has 1 fully saturated rings. The molecule has 3 rings (SSSR count). The van der Waals surface area contributed by atoms with Crippen molar-refractivity contribution in [3.8, 4) is 0 Å². The number of amides is 2. The molecule has 1 aliphatic carbocycles. The van der Waals surface area contributed by atoms with Crippen LogP contribution < -0.4 is 5.32 Å². The smallest absolute Gasteiger partial charge is 0.410 e. The monoisotopic (exact) mass is 389 g/mol. The summed E-state index contributed by atoms with van der Waals surface area (Å²) in [6.45, 7) is 5.49. The Labute approximate surface area is 163 Å². The van der Waals surface area contributed by atoms with Crippen molar-refractivity contribution in [3.05, 3.63) is 29.3 Å². The summed E-state index contributed by atoms with van der Waals surface area (Å²) in [4.78, 5) is 25.9. The third-order valence-electron chi connectivity index (χ3n) is 4.89. The summed E-state index contributed by atoms with van der Waals surface area (Å²) in [7, 11) is 1.78. The lowest BCUT2D eigenvalue weighted by atomic mass is 10.0. The number of rotatable bonds is 6. The highest BCUT2D eigenvalue weighted by Crippen LogP contribution is 2.36. The van der Waals surface area contributed by atoms with Gasteiger partial charge in [-0.1, -0.05) is 5.16 Å². The highest BCUT2D eigenvalue weighted by molar-refractivity contribution is 5.91. The van der Waals surface area contributed by atoms with Crippen LogP contribution in [-0.2, 0) is 16.0 Å². The van der Waals surface area contributed by atoms with Gasteiger partial charge in [-0.25, -0.2) is 4.79 Å². The minimum atomic E-state index is -0.291. The minimum Gasteiger partial charge on any atom is -0.447 e. The maximum atomic E-state index is 12.1. The molecule has 0 spiro atoms. The summed E-state index contributed by atoms with van der Waals surface area (Å²) < 4.78 is 10.3. The topological polar surface area (TPSA) is 113 Å². The number of aromatic amines is 1. The molecule has 9 nitrogen and oxygen atoms in total. The van der Waals surface area contributed by atoms with Gasteiger partial charge in [-0.3, -0.25) is 9.89 Å². The van der Waals surface area contributed by atoms with E-state index in [1.54, 1.807) is 24.9 Å². The molecule has 0 aromatic carbocycles. The van der Waals surface area contributed by atoms with Gasteiger partial charge in [0.15, 0.2) is 5.82 Å². The summed E-state index contributed by atoms with van der Waals surface area (Å²) in [5.74, 6) is 1.04. The lowest BCUT2D eigenvalue weighted by Gasteiger charge is -2.25. The molecule has 0 bridgehead atoms. The van der Waals surface area contributed by atoms with E-state index < -0.39 is 0 Å². The van der Waals surface area contributed by atoms with Crippen LogP contribution in [0.15, 0.2) is 16.7 Å². The molecule has 152 valence electrons. The van der Waals surface area contributed by atoms with Crippen LogP contribution in [0.5, 0.6) is 0 Å². The Hall–Kier alpha value is -2.84. The lowest BCUT2D eigenvalue weighted by molar-refractivity contribution is -0.115. The number of hydrogen-bond donors (Lipinski definition) is 2. The molecule has 2 N–H and O–H groups in total. The number of aryl methyl sites for hydroxylation is 1. The van der Waals surface area contributed by atoms with E-state index in [1.807, 2.05) is 19.9 Å². The van der Waals surface area contributed by atoms with Crippen LogP contribution in [0.25, 0.3) is 0 Å². The molecule has 2 aromatic rings. The summed E-state index contributed by atoms with van der Waals surface area (Å²) >= 11 is 0. The molecule has 2 heterocycles. The quantitative estimate of drug-likeness (QED) is 0.785. The van der Waals surface area contributed by atoms with Crippen molar-refractivity contribution in [1.82, 2.24) is 20.3 Å². The number of hydrogen-bond acceptors (Lipinski definition) is 6. The Morgan fingerprint density at radius 1 is 1.39 bits per heavy atom. The predicted molar refractivity (Wildman–Crippen MR) is 102 cm³/mol. The van der Waals surface area contributed by atoms with Crippen LogP contribution in [0.3, 0.4) is 0 Å². The highest BCUT2D eigenvalue weighted by atomic mass is 16.6. The molecule has 0 unspecified atom stereocenters. The predicted octanol–water partition coefficient (Wildman–Crippen LogP) is 3.00. The van der Waals surface area contributed by atoms with Gasteiger partial charge >= 0.3 is 6.09 Å². The van der Waals surface area contributed by atoms with Crippen LogP contribution >= 0.6 is 0 Å². The Morgan fingerprint density at radius 3 is 2.86 bits per heavy atom. The van der Waals surface area contributed by atoms with Gasteiger partial charge in [-0.05, 0) is 40.0 Å². The van der Waals surface area contributed by atoms with Crippen molar-refractivity contribution in [2.45, 2.75) is 64.5 Å². The molecular weight excluding hydrogens is 362 g/mol. The minimum absolute atomic E-state index is 0.108. The first-order valence-corrected chi connectivity index (χ1v) is 9.52. The zero-order chi connectivity index (χ0) is 20.3. The van der Waals surface area contributed by atoms with Gasteiger partial charge in [0.25, 0.3) is 0 Å². The third kappa shape index (κ3) is 4.90. The Kier molecular flexibility index (Phi) is 6.01. The van der Waals surface area contributed by atoms with Gasteiger partial charge in [0.1, 0.15) is 5.76 Å². The van der Waals surface area contributed by atoms with E-state index in [4.69, 9.17) is 9.26 Å². The van der Waals surface area contributed by atoms with Crippen molar-refractivity contribution in [3.63, 3.8) is 0 Å². The molecule has 2 atom stereocenters. The standard InChI is InChI=1S/C19H27N5O4/c1-11(2)27-19(26)24(4)14-6-5-13(8-14)16-10-17(22-21-16)20-18(25)9-15-7-12(3)23-28-15/h7,10-11,13-14H,5-6,8-9H2,1-4H3,(H2,20,21,22,25)/t13-,14+/m0/s1. The normalized spacial score (nSPS) is 19.0.